The molecule has 19 heavy (non-hydrogen) atoms. The molecule has 4 heteroatoms. The number of hydrogen-bond acceptors (Lipinski definition) is 4. The molecule has 0 spiro atoms. The largest absolute Gasteiger partial charge is 0.368 e. The Hall–Kier alpha value is -0.450. The van der Waals surface area contributed by atoms with Gasteiger partial charge in [0.05, 0.1) is 5.69 Å². The summed E-state index contributed by atoms with van der Waals surface area (Å²) in [5, 5.41) is 6.77. The zero-order valence-corrected chi connectivity index (χ0v) is 13.8. The van der Waals surface area contributed by atoms with Crippen molar-refractivity contribution in [2.75, 3.05) is 6.61 Å². The smallest absolute Gasteiger partial charge is 0.125 e. The maximum absolute atomic E-state index is 6.00. The van der Waals surface area contributed by atoms with Gasteiger partial charge in [-0.3, -0.25) is 0 Å². The second-order valence-electron chi connectivity index (χ2n) is 4.97. The fraction of sp³-hybridized carbons (Fsp3) is 0.800. The van der Waals surface area contributed by atoms with Crippen LogP contribution in [0.15, 0.2) is 5.38 Å². The topological polar surface area (TPSA) is 34.1 Å². The lowest BCUT2D eigenvalue weighted by atomic mass is 9.98. The molecule has 0 bridgehead atoms. The van der Waals surface area contributed by atoms with Crippen molar-refractivity contribution >= 4 is 11.3 Å². The molecule has 1 aromatic heterocycles. The molecule has 1 rings (SSSR count). The maximum Gasteiger partial charge on any atom is 0.125 e. The summed E-state index contributed by atoms with van der Waals surface area (Å²) in [5.74, 6) is 0. The average Bonchev–Trinajstić information content (AvgIpc) is 2.91. The number of rotatable bonds is 9. The van der Waals surface area contributed by atoms with Crippen LogP contribution >= 0.6 is 11.3 Å². The summed E-state index contributed by atoms with van der Waals surface area (Å²) in [4.78, 5) is 4.78. The normalized spacial score (nSPS) is 13.7. The zero-order valence-electron chi connectivity index (χ0n) is 13.0. The number of aromatic nitrogens is 1. The van der Waals surface area contributed by atoms with E-state index >= 15 is 0 Å². The summed E-state index contributed by atoms with van der Waals surface area (Å²) in [6.07, 6.45) is 3.09. The quantitative estimate of drug-likeness (QED) is 0.742. The van der Waals surface area contributed by atoms with Crippen LogP contribution in [0, 0.1) is 0 Å². The van der Waals surface area contributed by atoms with E-state index in [2.05, 4.69) is 45.3 Å². The SMILES string of the molecule is CCOC(CC)(CC)c1nc(CNC(C)CC)cs1. The number of nitrogens with one attached hydrogen (secondary N) is 1. The Balaban J connectivity index is 2.75. The second-order valence-corrected chi connectivity index (χ2v) is 5.83. The third-order valence-corrected chi connectivity index (χ3v) is 4.82. The zero-order chi connectivity index (χ0) is 14.3. The minimum atomic E-state index is -0.186. The lowest BCUT2D eigenvalue weighted by Crippen LogP contribution is -2.28. The molecule has 0 aliphatic carbocycles. The van der Waals surface area contributed by atoms with Gasteiger partial charge in [-0.2, -0.15) is 0 Å². The summed E-state index contributed by atoms with van der Waals surface area (Å²) in [6, 6.07) is 0.541. The number of thiazole rings is 1. The molecular formula is C15H28N2OS. The van der Waals surface area contributed by atoms with Crippen molar-refractivity contribution in [3.8, 4) is 0 Å². The van der Waals surface area contributed by atoms with Gasteiger partial charge in [0.1, 0.15) is 10.6 Å². The van der Waals surface area contributed by atoms with E-state index in [-0.39, 0.29) is 5.60 Å². The first kappa shape index (κ1) is 16.6. The monoisotopic (exact) mass is 284 g/mol. The number of nitrogens with zero attached hydrogens (tertiary/aromatic N) is 1. The minimum absolute atomic E-state index is 0.186. The average molecular weight is 284 g/mol. The van der Waals surface area contributed by atoms with Gasteiger partial charge in [0.2, 0.25) is 0 Å². The minimum Gasteiger partial charge on any atom is -0.368 e. The summed E-state index contributed by atoms with van der Waals surface area (Å²) < 4.78 is 6.00. The first-order valence-electron chi connectivity index (χ1n) is 7.44. The van der Waals surface area contributed by atoms with E-state index in [0.717, 1.165) is 43.1 Å². The van der Waals surface area contributed by atoms with Crippen molar-refractivity contribution in [2.45, 2.75) is 72.1 Å². The summed E-state index contributed by atoms with van der Waals surface area (Å²) in [5.41, 5.74) is 0.944. The second kappa shape index (κ2) is 7.98. The molecule has 0 saturated heterocycles. The van der Waals surface area contributed by atoms with Gasteiger partial charge in [0.25, 0.3) is 0 Å². The molecule has 3 nitrogen and oxygen atoms in total. The van der Waals surface area contributed by atoms with E-state index < -0.39 is 0 Å². The Morgan fingerprint density at radius 3 is 2.53 bits per heavy atom. The highest BCUT2D eigenvalue weighted by Crippen LogP contribution is 2.35. The summed E-state index contributed by atoms with van der Waals surface area (Å²) in [6.45, 7) is 12.4. The molecule has 1 heterocycles. The molecule has 0 amide bonds. The van der Waals surface area contributed by atoms with Crippen molar-refractivity contribution in [2.24, 2.45) is 0 Å². The molecule has 0 aliphatic heterocycles. The van der Waals surface area contributed by atoms with E-state index in [1.165, 1.54) is 0 Å². The van der Waals surface area contributed by atoms with Crippen LogP contribution < -0.4 is 5.32 Å². The van der Waals surface area contributed by atoms with Gasteiger partial charge in [0, 0.05) is 24.6 Å². The standard InChI is InChI=1S/C15H28N2OS/c1-6-12(5)16-10-13-11-19-14(17-13)15(7-2,8-3)18-9-4/h11-12,16H,6-10H2,1-5H3. The molecule has 1 unspecified atom stereocenters. The fourth-order valence-corrected chi connectivity index (χ4v) is 3.23. The Morgan fingerprint density at radius 1 is 1.32 bits per heavy atom. The van der Waals surface area contributed by atoms with Crippen LogP contribution in [-0.4, -0.2) is 17.6 Å². The van der Waals surface area contributed by atoms with E-state index in [1.807, 2.05) is 0 Å². The van der Waals surface area contributed by atoms with Crippen molar-refractivity contribution in [1.82, 2.24) is 10.3 Å². The predicted molar refractivity (Wildman–Crippen MR) is 82.6 cm³/mol. The highest BCUT2D eigenvalue weighted by molar-refractivity contribution is 7.09. The molecular weight excluding hydrogens is 256 g/mol. The van der Waals surface area contributed by atoms with Gasteiger partial charge < -0.3 is 10.1 Å². The first-order valence-corrected chi connectivity index (χ1v) is 8.32. The van der Waals surface area contributed by atoms with Crippen molar-refractivity contribution in [1.29, 1.82) is 0 Å². The third-order valence-electron chi connectivity index (χ3n) is 3.75. The van der Waals surface area contributed by atoms with E-state index in [9.17, 15) is 0 Å². The van der Waals surface area contributed by atoms with E-state index in [0.29, 0.717) is 6.04 Å². The Bertz CT molecular complexity index is 361. The lowest BCUT2D eigenvalue weighted by Gasteiger charge is -2.29. The van der Waals surface area contributed by atoms with Crippen LogP contribution in [0.25, 0.3) is 0 Å². The van der Waals surface area contributed by atoms with Crippen LogP contribution in [0.4, 0.5) is 0 Å². The van der Waals surface area contributed by atoms with Gasteiger partial charge >= 0.3 is 0 Å². The Morgan fingerprint density at radius 2 is 2.00 bits per heavy atom. The van der Waals surface area contributed by atoms with E-state index in [4.69, 9.17) is 9.72 Å². The molecule has 0 saturated carbocycles. The Kier molecular flexibility index (Phi) is 6.97. The molecule has 1 atom stereocenters. The lowest BCUT2D eigenvalue weighted by molar-refractivity contribution is -0.0507. The van der Waals surface area contributed by atoms with E-state index in [1.54, 1.807) is 11.3 Å². The predicted octanol–water partition coefficient (Wildman–Crippen LogP) is 4.08. The molecule has 1 aromatic rings. The highest BCUT2D eigenvalue weighted by atomic mass is 32.1. The van der Waals surface area contributed by atoms with Gasteiger partial charge in [-0.1, -0.05) is 20.8 Å². The molecule has 0 fully saturated rings. The van der Waals surface area contributed by atoms with Gasteiger partial charge in [0.15, 0.2) is 0 Å². The maximum atomic E-state index is 6.00. The van der Waals surface area contributed by atoms with Crippen LogP contribution in [-0.2, 0) is 16.9 Å². The van der Waals surface area contributed by atoms with Crippen LogP contribution in [0.3, 0.4) is 0 Å². The molecule has 0 aromatic carbocycles. The highest BCUT2D eigenvalue weighted by Gasteiger charge is 2.32. The van der Waals surface area contributed by atoms with Crippen LogP contribution in [0.1, 0.15) is 64.6 Å². The molecule has 1 N–H and O–H groups in total. The van der Waals surface area contributed by atoms with Gasteiger partial charge in [-0.05, 0) is 33.1 Å². The molecule has 0 radical (unpaired) electrons. The van der Waals surface area contributed by atoms with Crippen molar-refractivity contribution < 1.29 is 4.74 Å². The van der Waals surface area contributed by atoms with Crippen molar-refractivity contribution in [3.63, 3.8) is 0 Å². The molecule has 0 aliphatic rings. The summed E-state index contributed by atoms with van der Waals surface area (Å²) in [7, 11) is 0. The summed E-state index contributed by atoms with van der Waals surface area (Å²) >= 11 is 1.73. The van der Waals surface area contributed by atoms with Crippen LogP contribution in [0.2, 0.25) is 0 Å². The van der Waals surface area contributed by atoms with Gasteiger partial charge in [-0.15, -0.1) is 11.3 Å². The number of ether oxygens (including phenoxy) is 1. The molecule has 110 valence electrons. The third kappa shape index (κ3) is 4.26. The fourth-order valence-electron chi connectivity index (χ4n) is 2.12. The van der Waals surface area contributed by atoms with Crippen LogP contribution in [0.5, 0.6) is 0 Å². The first-order chi connectivity index (χ1) is 9.11. The van der Waals surface area contributed by atoms with Gasteiger partial charge in [-0.25, -0.2) is 4.98 Å². The number of hydrogen-bond donors (Lipinski definition) is 1. The Labute approximate surface area is 121 Å². The van der Waals surface area contributed by atoms with Crippen molar-refractivity contribution in [3.05, 3.63) is 16.1 Å².